The lowest BCUT2D eigenvalue weighted by Gasteiger charge is -2.13. The van der Waals surface area contributed by atoms with Crippen LogP contribution in [0.5, 0.6) is 11.5 Å². The summed E-state index contributed by atoms with van der Waals surface area (Å²) in [5, 5.41) is 14.1. The third kappa shape index (κ3) is 5.91. The van der Waals surface area contributed by atoms with Gasteiger partial charge in [-0.05, 0) is 70.9 Å². The lowest BCUT2D eigenvalue weighted by atomic mass is 10.1. The third-order valence-corrected chi connectivity index (χ3v) is 5.97. The van der Waals surface area contributed by atoms with Crippen LogP contribution in [0.2, 0.25) is 0 Å². The number of ether oxygens (including phenoxy) is 2. The summed E-state index contributed by atoms with van der Waals surface area (Å²) in [5.41, 5.74) is 5.11. The van der Waals surface area contributed by atoms with Crippen molar-refractivity contribution in [1.29, 1.82) is 5.26 Å². The first-order valence-corrected chi connectivity index (χ1v) is 12.2. The lowest BCUT2D eigenvalue weighted by Crippen LogP contribution is -2.16. The van der Waals surface area contributed by atoms with Crippen LogP contribution in [0, 0.1) is 11.3 Å². The van der Waals surface area contributed by atoms with Gasteiger partial charge in [0.1, 0.15) is 12.2 Å². The first-order chi connectivity index (χ1) is 17.0. The smallest absolute Gasteiger partial charge is 0.307 e. The van der Waals surface area contributed by atoms with Gasteiger partial charge < -0.3 is 13.9 Å². The van der Waals surface area contributed by atoms with E-state index in [0.29, 0.717) is 34.8 Å². The second-order valence-corrected chi connectivity index (χ2v) is 9.08. The Balaban J connectivity index is 1.44. The van der Waals surface area contributed by atoms with Gasteiger partial charge in [0.05, 0.1) is 28.9 Å². The molecule has 0 unspecified atom stereocenters. The average molecular weight is 597 g/mol. The summed E-state index contributed by atoms with van der Waals surface area (Å²) in [6, 6.07) is 20.1. The van der Waals surface area contributed by atoms with Crippen LogP contribution < -0.4 is 14.9 Å². The van der Waals surface area contributed by atoms with Crippen LogP contribution in [0.4, 0.5) is 0 Å². The number of nitriles is 1. The topological polar surface area (TPSA) is 96.8 Å². The molecule has 0 aliphatic heterocycles. The van der Waals surface area contributed by atoms with Crippen molar-refractivity contribution in [2.24, 2.45) is 5.10 Å². The molecule has 3 aromatic carbocycles. The Bertz CT molecular complexity index is 1460. The van der Waals surface area contributed by atoms with E-state index in [1.807, 2.05) is 37.3 Å². The van der Waals surface area contributed by atoms with Gasteiger partial charge in [-0.1, -0.05) is 34.1 Å². The zero-order chi connectivity index (χ0) is 24.8. The lowest BCUT2D eigenvalue weighted by molar-refractivity contribution is 0.0929. The highest BCUT2D eigenvalue weighted by molar-refractivity contribution is 9.11. The van der Waals surface area contributed by atoms with Crippen molar-refractivity contribution >= 4 is 55.0 Å². The summed E-state index contributed by atoms with van der Waals surface area (Å²) in [4.78, 5) is 12.5. The molecule has 0 saturated carbocycles. The minimum absolute atomic E-state index is 0.146. The molecule has 1 N–H and O–H groups in total. The molecule has 0 radical (unpaired) electrons. The van der Waals surface area contributed by atoms with E-state index >= 15 is 0 Å². The van der Waals surface area contributed by atoms with Crippen molar-refractivity contribution in [1.82, 2.24) is 5.43 Å². The first-order valence-electron chi connectivity index (χ1n) is 10.6. The van der Waals surface area contributed by atoms with Gasteiger partial charge in [0.25, 0.3) is 0 Å². The number of rotatable bonds is 8. The fraction of sp³-hybridized carbons (Fsp3) is 0.115. The highest BCUT2D eigenvalue weighted by Crippen LogP contribution is 2.31. The van der Waals surface area contributed by atoms with Crippen LogP contribution in [-0.2, 0) is 6.61 Å². The summed E-state index contributed by atoms with van der Waals surface area (Å²) < 4.78 is 18.9. The van der Waals surface area contributed by atoms with Gasteiger partial charge in [-0.3, -0.25) is 4.79 Å². The number of hydrazone groups is 1. The maximum absolute atomic E-state index is 12.5. The van der Waals surface area contributed by atoms with Crippen LogP contribution in [0.1, 0.15) is 34.2 Å². The second kappa shape index (κ2) is 11.2. The molecule has 0 aliphatic rings. The molecule has 0 aliphatic carbocycles. The highest BCUT2D eigenvalue weighted by atomic mass is 79.9. The number of carbonyl (C=O) groups is 1. The Kier molecular flexibility index (Phi) is 7.85. The SMILES string of the molecule is CCOc1cc(/C=N\NC(=O)c2cc3cc(Br)cc(Br)c3o2)ccc1OCc1ccccc1C#N. The van der Waals surface area contributed by atoms with Crippen molar-refractivity contribution in [3.63, 3.8) is 0 Å². The summed E-state index contributed by atoms with van der Waals surface area (Å²) in [7, 11) is 0. The molecular formula is C26H19Br2N3O4. The number of nitrogens with one attached hydrogen (secondary N) is 1. The van der Waals surface area contributed by atoms with Crippen LogP contribution >= 0.6 is 31.9 Å². The first kappa shape index (κ1) is 24.5. The standard InChI is InChI=1S/C26H19Br2N3O4/c1-2-33-23-9-16(7-8-22(23)34-15-18-6-4-3-5-17(18)13-29)14-30-31-26(32)24-11-19-10-20(27)12-21(28)25(19)35-24/h3-12,14H,2,15H2,1H3,(H,31,32)/b30-14-. The highest BCUT2D eigenvalue weighted by Gasteiger charge is 2.14. The van der Waals surface area contributed by atoms with E-state index in [1.165, 1.54) is 6.21 Å². The predicted octanol–water partition coefficient (Wildman–Crippen LogP) is 6.57. The maximum Gasteiger partial charge on any atom is 0.307 e. The Morgan fingerprint density at radius 2 is 1.94 bits per heavy atom. The third-order valence-electron chi connectivity index (χ3n) is 4.93. The number of fused-ring (bicyclic) bond motifs is 1. The number of hydrogen-bond donors (Lipinski definition) is 1. The van der Waals surface area contributed by atoms with Crippen molar-refractivity contribution in [3.05, 3.63) is 92.1 Å². The van der Waals surface area contributed by atoms with E-state index in [9.17, 15) is 10.1 Å². The van der Waals surface area contributed by atoms with Gasteiger partial charge in [-0.25, -0.2) is 5.43 Å². The number of nitrogens with zero attached hydrogens (tertiary/aromatic N) is 2. The summed E-state index contributed by atoms with van der Waals surface area (Å²) in [6.45, 7) is 2.55. The van der Waals surface area contributed by atoms with E-state index in [4.69, 9.17) is 13.9 Å². The minimum atomic E-state index is -0.471. The molecule has 0 spiro atoms. The summed E-state index contributed by atoms with van der Waals surface area (Å²) >= 11 is 6.85. The molecule has 0 bridgehead atoms. The molecule has 176 valence electrons. The molecule has 1 heterocycles. The number of halogens is 2. The van der Waals surface area contributed by atoms with Gasteiger partial charge in [-0.15, -0.1) is 0 Å². The molecule has 1 amide bonds. The van der Waals surface area contributed by atoms with Gasteiger partial charge in [0.2, 0.25) is 0 Å². The number of benzene rings is 3. The number of hydrogen-bond acceptors (Lipinski definition) is 6. The van der Waals surface area contributed by atoms with Crippen molar-refractivity contribution < 1.29 is 18.7 Å². The van der Waals surface area contributed by atoms with E-state index < -0.39 is 5.91 Å². The van der Waals surface area contributed by atoms with Crippen molar-refractivity contribution in [3.8, 4) is 17.6 Å². The Labute approximate surface area is 218 Å². The molecule has 0 saturated heterocycles. The van der Waals surface area contributed by atoms with E-state index in [1.54, 1.807) is 30.3 Å². The number of furan rings is 1. The van der Waals surface area contributed by atoms with Crippen LogP contribution in [0.25, 0.3) is 11.0 Å². The van der Waals surface area contributed by atoms with Gasteiger partial charge in [-0.2, -0.15) is 10.4 Å². The van der Waals surface area contributed by atoms with Crippen LogP contribution in [-0.4, -0.2) is 18.7 Å². The Hall–Kier alpha value is -3.61. The fourth-order valence-corrected chi connectivity index (χ4v) is 4.65. The second-order valence-electron chi connectivity index (χ2n) is 7.31. The largest absolute Gasteiger partial charge is 0.490 e. The van der Waals surface area contributed by atoms with Crippen molar-refractivity contribution in [2.45, 2.75) is 13.5 Å². The monoisotopic (exact) mass is 595 g/mol. The zero-order valence-corrected chi connectivity index (χ0v) is 21.7. The van der Waals surface area contributed by atoms with E-state index in [-0.39, 0.29) is 12.4 Å². The number of carbonyl (C=O) groups excluding carboxylic acids is 1. The van der Waals surface area contributed by atoms with Gasteiger partial charge in [0.15, 0.2) is 17.3 Å². The van der Waals surface area contributed by atoms with Gasteiger partial charge >= 0.3 is 5.91 Å². The normalized spacial score (nSPS) is 10.9. The minimum Gasteiger partial charge on any atom is -0.490 e. The van der Waals surface area contributed by atoms with Crippen LogP contribution in [0.3, 0.4) is 0 Å². The molecule has 4 rings (SSSR count). The molecular weight excluding hydrogens is 578 g/mol. The van der Waals surface area contributed by atoms with E-state index in [0.717, 1.165) is 19.9 Å². The maximum atomic E-state index is 12.5. The Morgan fingerprint density at radius 1 is 1.11 bits per heavy atom. The van der Waals surface area contributed by atoms with Crippen LogP contribution in [0.15, 0.2) is 79.1 Å². The molecule has 4 aromatic rings. The molecule has 0 atom stereocenters. The quantitative estimate of drug-likeness (QED) is 0.183. The molecule has 7 nitrogen and oxygen atoms in total. The zero-order valence-electron chi connectivity index (χ0n) is 18.5. The summed E-state index contributed by atoms with van der Waals surface area (Å²) in [5.74, 6) is 0.749. The average Bonchev–Trinajstić information content (AvgIpc) is 3.28. The summed E-state index contributed by atoms with van der Waals surface area (Å²) in [6.07, 6.45) is 1.50. The molecule has 0 fully saturated rings. The number of amides is 1. The predicted molar refractivity (Wildman–Crippen MR) is 140 cm³/mol. The van der Waals surface area contributed by atoms with E-state index in [2.05, 4.69) is 48.5 Å². The molecule has 35 heavy (non-hydrogen) atoms. The van der Waals surface area contributed by atoms with Gasteiger partial charge in [0, 0.05) is 15.4 Å². The molecule has 9 heteroatoms. The Morgan fingerprint density at radius 3 is 2.74 bits per heavy atom. The fourth-order valence-electron chi connectivity index (χ4n) is 3.31. The molecule has 1 aromatic heterocycles. The van der Waals surface area contributed by atoms with Crippen molar-refractivity contribution in [2.75, 3.05) is 6.61 Å².